The lowest BCUT2D eigenvalue weighted by molar-refractivity contribution is -0.863. The van der Waals surface area contributed by atoms with Crippen molar-refractivity contribution in [1.82, 2.24) is 0 Å². The van der Waals surface area contributed by atoms with Gasteiger partial charge in [-0.1, -0.05) is 14.0 Å². The molecule has 0 aromatic carbocycles. The Bertz CT molecular complexity index is 235. The summed E-state index contributed by atoms with van der Waals surface area (Å²) in [7, 11) is 2.87. The van der Waals surface area contributed by atoms with E-state index in [4.69, 9.17) is 9.84 Å². The molecule has 0 rings (SSSR count). The molecule has 0 aliphatic carbocycles. The third-order valence-electron chi connectivity index (χ3n) is 1.86. The lowest BCUT2D eigenvalue weighted by Gasteiger charge is -2.28. The van der Waals surface area contributed by atoms with Crippen molar-refractivity contribution in [2.24, 2.45) is 0 Å². The Balaban J connectivity index is 0. The molecule has 0 spiro atoms. The topological polar surface area (TPSA) is 63.6 Å². The monoisotopic (exact) mass is 204 g/mol. The van der Waals surface area contributed by atoms with Crippen LogP contribution < -0.4 is 0 Å². The van der Waals surface area contributed by atoms with Gasteiger partial charge in [-0.25, -0.2) is 4.79 Å². The van der Waals surface area contributed by atoms with E-state index in [2.05, 4.69) is 6.58 Å². The van der Waals surface area contributed by atoms with Gasteiger partial charge in [-0.2, -0.15) is 9.28 Å². The second-order valence-corrected chi connectivity index (χ2v) is 3.06. The van der Waals surface area contributed by atoms with Gasteiger partial charge in [-0.05, 0) is 0 Å². The Morgan fingerprint density at radius 2 is 1.93 bits per heavy atom. The number of carboxylic acid groups (broad SMARTS) is 1. The number of quaternary nitrogens is 1. The van der Waals surface area contributed by atoms with Crippen LogP contribution in [0.1, 0.15) is 14.4 Å². The minimum absolute atomic E-state index is 0. The maximum atomic E-state index is 10.7. The molecule has 5 heteroatoms. The van der Waals surface area contributed by atoms with Gasteiger partial charge in [0.2, 0.25) is 6.23 Å². The van der Waals surface area contributed by atoms with E-state index in [-0.39, 0.29) is 7.43 Å². The van der Waals surface area contributed by atoms with E-state index in [1.165, 1.54) is 21.0 Å². The highest BCUT2D eigenvalue weighted by Gasteiger charge is 2.35. The van der Waals surface area contributed by atoms with Crippen LogP contribution in [0.2, 0.25) is 0 Å². The molecule has 1 atom stereocenters. The normalized spacial score (nSPS) is 12.2. The van der Waals surface area contributed by atoms with E-state index in [0.717, 1.165) is 6.08 Å². The Kier molecular flexibility index (Phi) is 5.82. The Morgan fingerprint density at radius 3 is 2.21 bits per heavy atom. The molecule has 0 aliphatic heterocycles. The van der Waals surface area contributed by atoms with Crippen LogP contribution >= 0.6 is 0 Å². The van der Waals surface area contributed by atoms with Crippen LogP contribution in [-0.2, 0) is 9.53 Å². The number of carbonyl (C=O) groups excluding carboxylic acids is 1. The maximum absolute atomic E-state index is 10.7. The summed E-state index contributed by atoms with van der Waals surface area (Å²) in [4.78, 5) is 21.4. The van der Waals surface area contributed by atoms with Gasteiger partial charge in [0.25, 0.3) is 0 Å². The van der Waals surface area contributed by atoms with Crippen LogP contribution in [0.5, 0.6) is 0 Å². The fraction of sp³-hybridized carbons (Fsp3) is 0.556. The van der Waals surface area contributed by atoms with Gasteiger partial charge in [-0.3, -0.25) is 0 Å². The van der Waals surface area contributed by atoms with Crippen molar-refractivity contribution in [2.75, 3.05) is 14.1 Å². The lowest BCUT2D eigenvalue weighted by atomic mass is 10.5. The molecular weight excluding hydrogens is 186 g/mol. The first-order chi connectivity index (χ1) is 5.82. The first kappa shape index (κ1) is 15.1. The standard InChI is InChI=1S/C8H13NO4.CH4/c1-5-7(10)13-6(2)9(3,4)8(11)12;/h5-6H,1H2,2-4H3;1H4/p+1. The van der Waals surface area contributed by atoms with Crippen LogP contribution in [0, 0.1) is 0 Å². The number of carbonyl (C=O) groups is 2. The fourth-order valence-corrected chi connectivity index (χ4v) is 0.504. The summed E-state index contributed by atoms with van der Waals surface area (Å²) in [6.45, 7) is 4.72. The summed E-state index contributed by atoms with van der Waals surface area (Å²) in [5.41, 5.74) is 0. The third-order valence-corrected chi connectivity index (χ3v) is 1.86. The van der Waals surface area contributed by atoms with Crippen LogP contribution in [-0.4, -0.2) is 42.0 Å². The van der Waals surface area contributed by atoms with Crippen LogP contribution in [0.15, 0.2) is 12.7 Å². The highest BCUT2D eigenvalue weighted by atomic mass is 16.6. The number of ether oxygens (including phenoxy) is 1. The number of rotatable bonds is 3. The molecule has 1 unspecified atom stereocenters. The third kappa shape index (κ3) is 3.57. The van der Waals surface area contributed by atoms with Crippen molar-refractivity contribution in [3.05, 3.63) is 12.7 Å². The SMILES string of the molecule is C.C=CC(=O)OC(C)[N+](C)(C)C(=O)O. The molecule has 0 aliphatic rings. The summed E-state index contributed by atoms with van der Waals surface area (Å²) in [6.07, 6.45) is -0.814. The smallest absolute Gasteiger partial charge is 0.435 e. The van der Waals surface area contributed by atoms with Crippen LogP contribution in [0.25, 0.3) is 0 Å². The zero-order chi connectivity index (χ0) is 10.6. The highest BCUT2D eigenvalue weighted by molar-refractivity contribution is 5.81. The molecule has 0 aromatic heterocycles. The van der Waals surface area contributed by atoms with Gasteiger partial charge in [0.05, 0.1) is 14.1 Å². The minimum atomic E-state index is -1.07. The van der Waals surface area contributed by atoms with Crippen LogP contribution in [0.3, 0.4) is 0 Å². The second-order valence-electron chi connectivity index (χ2n) is 3.06. The van der Waals surface area contributed by atoms with E-state index in [9.17, 15) is 9.59 Å². The predicted octanol–water partition coefficient (Wildman–Crippen LogP) is 1.45. The van der Waals surface area contributed by atoms with Crippen LogP contribution in [0.4, 0.5) is 4.79 Å². The van der Waals surface area contributed by atoms with Gasteiger partial charge >= 0.3 is 12.1 Å². The van der Waals surface area contributed by atoms with E-state index in [0.29, 0.717) is 0 Å². The summed E-state index contributed by atoms with van der Waals surface area (Å²) in [6, 6.07) is 0. The van der Waals surface area contributed by atoms with Crippen molar-refractivity contribution in [3.8, 4) is 0 Å². The Labute approximate surface area is 84.2 Å². The van der Waals surface area contributed by atoms with E-state index in [1.807, 2.05) is 0 Å². The molecule has 0 saturated heterocycles. The predicted molar refractivity (Wildman–Crippen MR) is 52.6 cm³/mol. The van der Waals surface area contributed by atoms with Crippen molar-refractivity contribution in [2.45, 2.75) is 20.6 Å². The molecule has 5 nitrogen and oxygen atoms in total. The molecule has 0 saturated carbocycles. The molecule has 0 heterocycles. The molecule has 0 bridgehead atoms. The van der Waals surface area contributed by atoms with Crippen molar-refractivity contribution >= 4 is 12.1 Å². The summed E-state index contributed by atoms with van der Waals surface area (Å²) in [5.74, 6) is -0.625. The Hall–Kier alpha value is -1.36. The molecule has 0 radical (unpaired) electrons. The molecule has 1 amide bonds. The average molecular weight is 204 g/mol. The van der Waals surface area contributed by atoms with E-state index in [1.54, 1.807) is 0 Å². The molecule has 1 N–H and O–H groups in total. The highest BCUT2D eigenvalue weighted by Crippen LogP contribution is 2.08. The van der Waals surface area contributed by atoms with Crippen molar-refractivity contribution in [1.29, 1.82) is 0 Å². The van der Waals surface area contributed by atoms with Gasteiger partial charge < -0.3 is 9.84 Å². The molecular formula is C9H18NO4+. The number of hydrogen-bond acceptors (Lipinski definition) is 3. The van der Waals surface area contributed by atoms with Crippen molar-refractivity contribution < 1.29 is 23.9 Å². The van der Waals surface area contributed by atoms with Gasteiger partial charge in [-0.15, -0.1) is 0 Å². The first-order valence-corrected chi connectivity index (χ1v) is 3.72. The number of nitrogens with zero attached hydrogens (tertiary/aromatic N) is 1. The molecule has 0 aromatic rings. The summed E-state index contributed by atoms with van der Waals surface area (Å²) in [5, 5.41) is 8.75. The number of esters is 1. The zero-order valence-electron chi connectivity index (χ0n) is 7.98. The number of amides is 1. The summed E-state index contributed by atoms with van der Waals surface area (Å²) >= 11 is 0. The number of hydrogen-bond donors (Lipinski definition) is 1. The maximum Gasteiger partial charge on any atom is 0.516 e. The largest absolute Gasteiger partial charge is 0.516 e. The second kappa shape index (κ2) is 5.39. The first-order valence-electron chi connectivity index (χ1n) is 3.72. The molecule has 14 heavy (non-hydrogen) atoms. The summed E-state index contributed by atoms with van der Waals surface area (Å²) < 4.78 is 4.33. The minimum Gasteiger partial charge on any atom is -0.435 e. The van der Waals surface area contributed by atoms with E-state index >= 15 is 0 Å². The van der Waals surface area contributed by atoms with Gasteiger partial charge in [0.15, 0.2) is 0 Å². The fourth-order valence-electron chi connectivity index (χ4n) is 0.504. The van der Waals surface area contributed by atoms with Gasteiger partial charge in [0, 0.05) is 13.0 Å². The average Bonchev–Trinajstić information content (AvgIpc) is 2.03. The van der Waals surface area contributed by atoms with Crippen molar-refractivity contribution in [3.63, 3.8) is 0 Å². The van der Waals surface area contributed by atoms with Gasteiger partial charge in [0.1, 0.15) is 0 Å². The zero-order valence-corrected chi connectivity index (χ0v) is 7.98. The molecule has 0 fully saturated rings. The van der Waals surface area contributed by atoms with E-state index < -0.39 is 22.8 Å². The lowest BCUT2D eigenvalue weighted by Crippen LogP contribution is -2.52. The molecule has 82 valence electrons. The Morgan fingerprint density at radius 1 is 1.50 bits per heavy atom. The quantitative estimate of drug-likeness (QED) is 0.327.